The average Bonchev–Trinajstić information content (AvgIpc) is 2.81. The minimum Gasteiger partial charge on any atom is -0.490 e. The summed E-state index contributed by atoms with van der Waals surface area (Å²) in [5.41, 5.74) is 0. The number of amides is 1. The van der Waals surface area contributed by atoms with Crippen LogP contribution in [0.4, 0.5) is 0 Å². The van der Waals surface area contributed by atoms with Gasteiger partial charge < -0.3 is 14.5 Å². The van der Waals surface area contributed by atoms with Crippen LogP contribution in [0.2, 0.25) is 0 Å². The van der Waals surface area contributed by atoms with Gasteiger partial charge in [0.05, 0.1) is 6.54 Å². The number of pyridine rings is 1. The van der Waals surface area contributed by atoms with Gasteiger partial charge in [0.25, 0.3) is 0 Å². The largest absolute Gasteiger partial charge is 0.490 e. The zero-order valence-electron chi connectivity index (χ0n) is 14.6. The molecule has 0 spiro atoms. The minimum absolute atomic E-state index is 0.197. The minimum atomic E-state index is 0.197. The molecule has 6 heteroatoms. The Morgan fingerprint density at radius 3 is 2.62 bits per heavy atom. The molecular formula is C18H28N4O2. The highest BCUT2D eigenvalue weighted by Gasteiger charge is 2.25. The van der Waals surface area contributed by atoms with Gasteiger partial charge in [-0.15, -0.1) is 0 Å². The number of aromatic nitrogens is 1. The van der Waals surface area contributed by atoms with Gasteiger partial charge in [-0.2, -0.15) is 0 Å². The smallest absolute Gasteiger partial charge is 0.236 e. The third-order valence-electron chi connectivity index (χ3n) is 4.92. The lowest BCUT2D eigenvalue weighted by atomic mass is 10.1. The summed E-state index contributed by atoms with van der Waals surface area (Å²) in [6, 6.07) is 3.77. The summed E-state index contributed by atoms with van der Waals surface area (Å²) in [6.45, 7) is 6.34. The first kappa shape index (κ1) is 17.2. The molecule has 0 radical (unpaired) electrons. The van der Waals surface area contributed by atoms with Crippen LogP contribution in [0.15, 0.2) is 24.5 Å². The molecule has 2 fully saturated rings. The number of likely N-dealkylation sites (tertiary alicyclic amines) is 1. The summed E-state index contributed by atoms with van der Waals surface area (Å²) in [7, 11) is 2.15. The first-order chi connectivity index (χ1) is 11.7. The standard InChI is InChI=1S/C18H28N4O2/c1-20-9-2-10-21(14-13-20)15-18(23)22-11-5-17(6-12-22)24-16-3-7-19-8-4-16/h3-4,7-8,17H,2,5-6,9-15H2,1H3. The number of likely N-dealkylation sites (N-methyl/N-ethyl adjacent to an activating group) is 1. The van der Waals surface area contributed by atoms with Gasteiger partial charge in [0.2, 0.25) is 5.91 Å². The molecule has 1 aromatic rings. The van der Waals surface area contributed by atoms with E-state index in [1.54, 1.807) is 12.4 Å². The molecule has 0 atom stereocenters. The van der Waals surface area contributed by atoms with Crippen LogP contribution in [0.5, 0.6) is 5.75 Å². The van der Waals surface area contributed by atoms with Crippen molar-refractivity contribution in [2.45, 2.75) is 25.4 Å². The van der Waals surface area contributed by atoms with E-state index in [1.165, 1.54) is 0 Å². The van der Waals surface area contributed by atoms with Crippen molar-refractivity contribution in [3.05, 3.63) is 24.5 Å². The summed E-state index contributed by atoms with van der Waals surface area (Å²) in [6.07, 6.45) is 6.63. The molecule has 3 rings (SSSR count). The molecule has 1 amide bonds. The van der Waals surface area contributed by atoms with Crippen LogP contribution in [0.1, 0.15) is 19.3 Å². The van der Waals surface area contributed by atoms with Crippen LogP contribution in [0, 0.1) is 0 Å². The number of carbonyl (C=O) groups is 1. The fourth-order valence-corrected chi connectivity index (χ4v) is 3.38. The lowest BCUT2D eigenvalue weighted by Gasteiger charge is -2.33. The summed E-state index contributed by atoms with van der Waals surface area (Å²) in [5, 5.41) is 0. The molecule has 2 aliphatic heterocycles. The maximum Gasteiger partial charge on any atom is 0.236 e. The quantitative estimate of drug-likeness (QED) is 0.826. The van der Waals surface area contributed by atoms with E-state index in [4.69, 9.17) is 4.74 Å². The van der Waals surface area contributed by atoms with E-state index in [0.717, 1.165) is 64.3 Å². The number of hydrogen-bond acceptors (Lipinski definition) is 5. The van der Waals surface area contributed by atoms with E-state index in [9.17, 15) is 4.79 Å². The van der Waals surface area contributed by atoms with E-state index < -0.39 is 0 Å². The molecule has 2 aliphatic rings. The molecule has 0 unspecified atom stereocenters. The predicted molar refractivity (Wildman–Crippen MR) is 93.0 cm³/mol. The van der Waals surface area contributed by atoms with E-state index >= 15 is 0 Å². The Balaban J connectivity index is 1.41. The number of carbonyl (C=O) groups excluding carboxylic acids is 1. The third kappa shape index (κ3) is 4.92. The van der Waals surface area contributed by atoms with Gasteiger partial charge in [0.1, 0.15) is 11.9 Å². The van der Waals surface area contributed by atoms with Crippen LogP contribution in [-0.2, 0) is 4.79 Å². The van der Waals surface area contributed by atoms with E-state index in [2.05, 4.69) is 21.8 Å². The summed E-state index contributed by atoms with van der Waals surface area (Å²) in [4.78, 5) is 23.2. The highest BCUT2D eigenvalue weighted by Crippen LogP contribution is 2.18. The van der Waals surface area contributed by atoms with Crippen LogP contribution < -0.4 is 4.74 Å². The normalized spacial score (nSPS) is 21.5. The molecule has 0 aliphatic carbocycles. The van der Waals surface area contributed by atoms with Crippen molar-refractivity contribution in [1.82, 2.24) is 19.7 Å². The second kappa shape index (κ2) is 8.44. The summed E-state index contributed by atoms with van der Waals surface area (Å²) >= 11 is 0. The van der Waals surface area contributed by atoms with Crippen molar-refractivity contribution in [2.24, 2.45) is 0 Å². The molecule has 132 valence electrons. The Morgan fingerprint density at radius 2 is 1.88 bits per heavy atom. The maximum atomic E-state index is 12.5. The zero-order valence-corrected chi connectivity index (χ0v) is 14.6. The fraction of sp³-hybridized carbons (Fsp3) is 0.667. The van der Waals surface area contributed by atoms with Gasteiger partial charge in [-0.1, -0.05) is 0 Å². The Kier molecular flexibility index (Phi) is 6.04. The summed E-state index contributed by atoms with van der Waals surface area (Å²) in [5.74, 6) is 1.13. The first-order valence-electron chi connectivity index (χ1n) is 8.96. The Hall–Kier alpha value is -1.66. The maximum absolute atomic E-state index is 12.5. The topological polar surface area (TPSA) is 48.9 Å². The predicted octanol–water partition coefficient (Wildman–Crippen LogP) is 1.09. The molecule has 1 aromatic heterocycles. The molecule has 0 N–H and O–H groups in total. The van der Waals surface area contributed by atoms with Crippen molar-refractivity contribution in [2.75, 3.05) is 52.9 Å². The molecular weight excluding hydrogens is 304 g/mol. The second-order valence-electron chi connectivity index (χ2n) is 6.81. The van der Waals surface area contributed by atoms with Crippen LogP contribution in [0.3, 0.4) is 0 Å². The van der Waals surface area contributed by atoms with Crippen LogP contribution in [0.25, 0.3) is 0 Å². The van der Waals surface area contributed by atoms with Crippen molar-refractivity contribution in [1.29, 1.82) is 0 Å². The van der Waals surface area contributed by atoms with Gasteiger partial charge in [0.15, 0.2) is 0 Å². The number of rotatable bonds is 4. The molecule has 2 saturated heterocycles. The van der Waals surface area contributed by atoms with Crippen LogP contribution in [-0.4, -0.2) is 84.6 Å². The van der Waals surface area contributed by atoms with Gasteiger partial charge in [-0.05, 0) is 38.7 Å². The Bertz CT molecular complexity index is 517. The SMILES string of the molecule is CN1CCCN(CC(=O)N2CCC(Oc3ccncc3)CC2)CC1. The van der Waals surface area contributed by atoms with Crippen LogP contribution >= 0.6 is 0 Å². The molecule has 0 bridgehead atoms. The highest BCUT2D eigenvalue weighted by atomic mass is 16.5. The Morgan fingerprint density at radius 1 is 1.12 bits per heavy atom. The molecule has 24 heavy (non-hydrogen) atoms. The summed E-state index contributed by atoms with van der Waals surface area (Å²) < 4.78 is 5.97. The molecule has 6 nitrogen and oxygen atoms in total. The lowest BCUT2D eigenvalue weighted by molar-refractivity contribution is -0.134. The fourth-order valence-electron chi connectivity index (χ4n) is 3.38. The number of hydrogen-bond donors (Lipinski definition) is 0. The number of ether oxygens (including phenoxy) is 1. The van der Waals surface area contributed by atoms with Crippen molar-refractivity contribution in [3.8, 4) is 5.75 Å². The number of nitrogens with zero attached hydrogens (tertiary/aromatic N) is 4. The van der Waals surface area contributed by atoms with Gasteiger partial charge in [-0.3, -0.25) is 14.7 Å². The van der Waals surface area contributed by atoms with Gasteiger partial charge in [0, 0.05) is 51.4 Å². The lowest BCUT2D eigenvalue weighted by Crippen LogP contribution is -2.46. The zero-order chi connectivity index (χ0) is 16.8. The van der Waals surface area contributed by atoms with E-state index in [1.807, 2.05) is 17.0 Å². The average molecular weight is 332 g/mol. The molecule has 0 saturated carbocycles. The number of piperidine rings is 1. The van der Waals surface area contributed by atoms with Gasteiger partial charge >= 0.3 is 0 Å². The third-order valence-corrected chi connectivity index (χ3v) is 4.92. The van der Waals surface area contributed by atoms with E-state index in [-0.39, 0.29) is 12.0 Å². The highest BCUT2D eigenvalue weighted by molar-refractivity contribution is 5.78. The van der Waals surface area contributed by atoms with Crippen molar-refractivity contribution >= 4 is 5.91 Å². The second-order valence-corrected chi connectivity index (χ2v) is 6.81. The van der Waals surface area contributed by atoms with E-state index in [0.29, 0.717) is 6.54 Å². The molecule has 3 heterocycles. The van der Waals surface area contributed by atoms with Crippen molar-refractivity contribution in [3.63, 3.8) is 0 Å². The van der Waals surface area contributed by atoms with Crippen molar-refractivity contribution < 1.29 is 9.53 Å². The monoisotopic (exact) mass is 332 g/mol. The molecule has 0 aromatic carbocycles. The van der Waals surface area contributed by atoms with Gasteiger partial charge in [-0.25, -0.2) is 0 Å². The first-order valence-corrected chi connectivity index (χ1v) is 8.96. The Labute approximate surface area is 144 Å².